The van der Waals surface area contributed by atoms with Crippen molar-refractivity contribution in [2.75, 3.05) is 0 Å². The topological polar surface area (TPSA) is 0 Å². The summed E-state index contributed by atoms with van der Waals surface area (Å²) < 4.78 is 0. The molecule has 0 spiro atoms. The predicted octanol–water partition coefficient (Wildman–Crippen LogP) is 6.09. The zero-order valence-corrected chi connectivity index (χ0v) is 16.4. The van der Waals surface area contributed by atoms with Crippen molar-refractivity contribution < 1.29 is 0 Å². The molecule has 0 bridgehead atoms. The summed E-state index contributed by atoms with van der Waals surface area (Å²) in [7, 11) is -0.340. The van der Waals surface area contributed by atoms with Crippen molar-refractivity contribution in [1.82, 2.24) is 0 Å². The van der Waals surface area contributed by atoms with Crippen molar-refractivity contribution in [1.29, 1.82) is 0 Å². The van der Waals surface area contributed by atoms with Crippen LogP contribution >= 0.6 is 7.92 Å². The maximum Gasteiger partial charge on any atom is -0.0123 e. The van der Waals surface area contributed by atoms with Crippen LogP contribution in [0.25, 0.3) is 0 Å². The summed E-state index contributed by atoms with van der Waals surface area (Å²) >= 11 is 0. The first-order valence-corrected chi connectivity index (χ1v) is 11.2. The Hall–Kier alpha value is -1.91. The SMILES string of the molecule is CC(C1CCCC1c1ccccc1)P(c1ccccc1)c1ccccc1. The summed E-state index contributed by atoms with van der Waals surface area (Å²) in [5.74, 6) is 1.48. The van der Waals surface area contributed by atoms with E-state index in [1.54, 1.807) is 0 Å². The molecule has 1 heteroatoms. The van der Waals surface area contributed by atoms with Crippen LogP contribution in [-0.4, -0.2) is 5.66 Å². The summed E-state index contributed by atoms with van der Waals surface area (Å²) in [6.07, 6.45) is 4.06. The van der Waals surface area contributed by atoms with E-state index in [1.165, 1.54) is 35.4 Å². The van der Waals surface area contributed by atoms with Crippen molar-refractivity contribution in [2.45, 2.75) is 37.8 Å². The first-order valence-electron chi connectivity index (χ1n) is 9.79. The Labute approximate surface area is 159 Å². The van der Waals surface area contributed by atoms with Gasteiger partial charge < -0.3 is 0 Å². The molecule has 132 valence electrons. The Morgan fingerprint density at radius 2 is 1.19 bits per heavy atom. The zero-order valence-electron chi connectivity index (χ0n) is 15.5. The van der Waals surface area contributed by atoms with E-state index in [9.17, 15) is 0 Å². The molecule has 0 saturated heterocycles. The second-order valence-corrected chi connectivity index (χ2v) is 9.98. The van der Waals surface area contributed by atoms with E-state index >= 15 is 0 Å². The Balaban J connectivity index is 1.69. The first kappa shape index (κ1) is 17.5. The summed E-state index contributed by atoms with van der Waals surface area (Å²) in [5.41, 5.74) is 2.22. The molecular formula is C25H27P. The van der Waals surface area contributed by atoms with Gasteiger partial charge in [-0.25, -0.2) is 0 Å². The van der Waals surface area contributed by atoms with Gasteiger partial charge in [0.2, 0.25) is 0 Å². The molecule has 0 N–H and O–H groups in total. The quantitative estimate of drug-likeness (QED) is 0.484. The highest BCUT2D eigenvalue weighted by atomic mass is 31.1. The van der Waals surface area contributed by atoms with Crippen LogP contribution in [0.5, 0.6) is 0 Å². The van der Waals surface area contributed by atoms with Gasteiger partial charge in [0.25, 0.3) is 0 Å². The smallest absolute Gasteiger partial charge is 0.0123 e. The highest BCUT2D eigenvalue weighted by Crippen LogP contribution is 2.52. The summed E-state index contributed by atoms with van der Waals surface area (Å²) in [6.45, 7) is 2.51. The van der Waals surface area contributed by atoms with Crippen LogP contribution < -0.4 is 10.6 Å². The van der Waals surface area contributed by atoms with Crippen LogP contribution in [0.3, 0.4) is 0 Å². The maximum absolute atomic E-state index is 2.51. The van der Waals surface area contributed by atoms with Crippen LogP contribution in [0.1, 0.15) is 37.7 Å². The third-order valence-electron chi connectivity index (χ3n) is 5.89. The van der Waals surface area contributed by atoms with Gasteiger partial charge >= 0.3 is 0 Å². The van der Waals surface area contributed by atoms with Crippen molar-refractivity contribution >= 4 is 18.5 Å². The fourth-order valence-electron chi connectivity index (χ4n) is 4.67. The average Bonchev–Trinajstić information content (AvgIpc) is 3.20. The summed E-state index contributed by atoms with van der Waals surface area (Å²) in [4.78, 5) is 0. The molecule has 1 aliphatic rings. The van der Waals surface area contributed by atoms with Gasteiger partial charge in [-0.1, -0.05) is 104 Å². The van der Waals surface area contributed by atoms with Gasteiger partial charge in [-0.2, -0.15) is 0 Å². The van der Waals surface area contributed by atoms with E-state index < -0.39 is 0 Å². The Morgan fingerprint density at radius 1 is 0.692 bits per heavy atom. The monoisotopic (exact) mass is 358 g/mol. The molecule has 3 aromatic carbocycles. The molecule has 0 nitrogen and oxygen atoms in total. The van der Waals surface area contributed by atoms with Crippen LogP contribution in [0, 0.1) is 5.92 Å². The molecule has 0 aromatic heterocycles. The van der Waals surface area contributed by atoms with Crippen molar-refractivity contribution in [3.05, 3.63) is 96.6 Å². The largest absolute Gasteiger partial charge is 0.0622 e. The Bertz CT molecular complexity index is 758. The van der Waals surface area contributed by atoms with Crippen LogP contribution in [0.15, 0.2) is 91.0 Å². The van der Waals surface area contributed by atoms with Crippen molar-refractivity contribution in [3.8, 4) is 0 Å². The summed E-state index contributed by atoms with van der Waals surface area (Å²) in [5, 5.41) is 3.03. The van der Waals surface area contributed by atoms with E-state index in [4.69, 9.17) is 0 Å². The van der Waals surface area contributed by atoms with Crippen molar-refractivity contribution in [2.24, 2.45) is 5.92 Å². The minimum absolute atomic E-state index is 0.340. The number of benzene rings is 3. The van der Waals surface area contributed by atoms with Gasteiger partial charge in [-0.15, -0.1) is 0 Å². The van der Waals surface area contributed by atoms with Crippen LogP contribution in [-0.2, 0) is 0 Å². The number of hydrogen-bond donors (Lipinski definition) is 0. The zero-order chi connectivity index (χ0) is 17.8. The van der Waals surface area contributed by atoms with Gasteiger partial charge in [0.05, 0.1) is 0 Å². The lowest BCUT2D eigenvalue weighted by molar-refractivity contribution is 0.478. The van der Waals surface area contributed by atoms with Crippen LogP contribution in [0.4, 0.5) is 0 Å². The molecule has 0 aliphatic heterocycles. The van der Waals surface area contributed by atoms with E-state index in [0.717, 1.165) is 5.92 Å². The van der Waals surface area contributed by atoms with E-state index in [0.29, 0.717) is 11.6 Å². The Morgan fingerprint density at radius 3 is 1.73 bits per heavy atom. The minimum Gasteiger partial charge on any atom is -0.0622 e. The normalized spacial score (nSPS) is 21.0. The Kier molecular flexibility index (Phi) is 5.51. The number of hydrogen-bond acceptors (Lipinski definition) is 0. The molecule has 1 aliphatic carbocycles. The molecule has 1 saturated carbocycles. The fraction of sp³-hybridized carbons (Fsp3) is 0.280. The lowest BCUT2D eigenvalue weighted by atomic mass is 9.87. The third kappa shape index (κ3) is 3.62. The molecule has 4 rings (SSSR count). The van der Waals surface area contributed by atoms with Crippen molar-refractivity contribution in [3.63, 3.8) is 0 Å². The molecule has 3 atom stereocenters. The minimum atomic E-state index is -0.340. The molecule has 3 aromatic rings. The third-order valence-corrected chi connectivity index (χ3v) is 8.80. The first-order chi connectivity index (χ1) is 12.8. The molecular weight excluding hydrogens is 331 g/mol. The second-order valence-electron chi connectivity index (χ2n) is 7.39. The lowest BCUT2D eigenvalue weighted by Gasteiger charge is -2.33. The maximum atomic E-state index is 2.51. The van der Waals surface area contributed by atoms with E-state index in [1.807, 2.05) is 0 Å². The second kappa shape index (κ2) is 8.19. The van der Waals surface area contributed by atoms with Gasteiger partial charge in [-0.05, 0) is 54.4 Å². The van der Waals surface area contributed by atoms with Gasteiger partial charge in [0.15, 0.2) is 0 Å². The van der Waals surface area contributed by atoms with Gasteiger partial charge in [-0.3, -0.25) is 0 Å². The fourth-order valence-corrected chi connectivity index (χ4v) is 7.63. The molecule has 1 fully saturated rings. The lowest BCUT2D eigenvalue weighted by Crippen LogP contribution is -2.27. The molecule has 0 radical (unpaired) electrons. The highest BCUT2D eigenvalue weighted by molar-refractivity contribution is 7.73. The molecule has 0 heterocycles. The molecule has 3 unspecified atom stereocenters. The van der Waals surface area contributed by atoms with E-state index in [-0.39, 0.29) is 7.92 Å². The van der Waals surface area contributed by atoms with E-state index in [2.05, 4.69) is 97.9 Å². The summed E-state index contributed by atoms with van der Waals surface area (Å²) in [6, 6.07) is 33.6. The van der Waals surface area contributed by atoms with Crippen LogP contribution in [0.2, 0.25) is 0 Å². The molecule has 26 heavy (non-hydrogen) atoms. The van der Waals surface area contributed by atoms with Gasteiger partial charge in [0, 0.05) is 0 Å². The average molecular weight is 358 g/mol. The highest BCUT2D eigenvalue weighted by Gasteiger charge is 2.36. The number of rotatable bonds is 5. The standard InChI is InChI=1S/C25H27P/c1-20(24-18-11-19-25(24)21-12-5-2-6-13-21)26(22-14-7-3-8-15-22)23-16-9-4-10-17-23/h2-10,12-17,20,24-25H,11,18-19H2,1H3. The van der Waals surface area contributed by atoms with Gasteiger partial charge in [0.1, 0.15) is 0 Å². The predicted molar refractivity (Wildman–Crippen MR) is 115 cm³/mol. The molecule has 0 amide bonds.